The number of rotatable bonds is 25. The number of morpholine rings is 1. The van der Waals surface area contributed by atoms with Gasteiger partial charge in [0.2, 0.25) is 29.5 Å². The van der Waals surface area contributed by atoms with E-state index in [1.54, 1.807) is 42.8 Å². The van der Waals surface area contributed by atoms with Crippen molar-refractivity contribution in [2.45, 2.75) is 142 Å². The fourth-order valence-corrected chi connectivity index (χ4v) is 9.52. The van der Waals surface area contributed by atoms with Crippen molar-refractivity contribution in [3.8, 4) is 0 Å². The van der Waals surface area contributed by atoms with Crippen molar-refractivity contribution in [1.29, 1.82) is 0 Å². The first-order valence-corrected chi connectivity index (χ1v) is 23.4. The highest BCUT2D eigenvalue weighted by molar-refractivity contribution is 5.91. The molecule has 64 heavy (non-hydrogen) atoms. The van der Waals surface area contributed by atoms with Gasteiger partial charge in [0.15, 0.2) is 0 Å². The SMILES string of the molecule is CC[C@H](C)C([C@@H](CC(=O)N1CCC[C@H]1[C@H](OC)[C@@H](C)C(=O)N[C@H](C(=O)N1CCOCC1)[C@H](C)c1ccccc1)OC)N(C)C(=O)[C@@H](NC(=O)[C@H](C(C)C)N(C)CCCC(=O)O)C(C)C. The third kappa shape index (κ3) is 14.4. The summed E-state index contributed by atoms with van der Waals surface area (Å²) in [4.78, 5) is 89.2. The zero-order valence-corrected chi connectivity index (χ0v) is 40.7. The molecular weight excluding hydrogens is 821 g/mol. The molecule has 2 aliphatic heterocycles. The van der Waals surface area contributed by atoms with Gasteiger partial charge in [0.05, 0.1) is 55.9 Å². The fraction of sp³-hybridized carbons (Fsp3) is 0.750. The molecule has 0 aromatic heterocycles. The summed E-state index contributed by atoms with van der Waals surface area (Å²) in [6, 6.07) is 6.40. The van der Waals surface area contributed by atoms with Crippen LogP contribution < -0.4 is 10.6 Å². The van der Waals surface area contributed by atoms with Crippen molar-refractivity contribution < 1.29 is 48.1 Å². The van der Waals surface area contributed by atoms with Crippen LogP contribution in [0, 0.1) is 23.7 Å². The van der Waals surface area contributed by atoms with Crippen LogP contribution in [0.3, 0.4) is 0 Å². The summed E-state index contributed by atoms with van der Waals surface area (Å²) in [6.45, 7) is 18.0. The Bertz CT molecular complexity index is 1660. The predicted octanol–water partition coefficient (Wildman–Crippen LogP) is 4.02. The zero-order chi connectivity index (χ0) is 47.8. The number of aliphatic carboxylic acids is 1. The molecule has 1 aromatic rings. The van der Waals surface area contributed by atoms with Crippen molar-refractivity contribution in [2.24, 2.45) is 23.7 Å². The Morgan fingerprint density at radius 2 is 1.48 bits per heavy atom. The third-order valence-electron chi connectivity index (χ3n) is 13.5. The molecule has 10 atom stereocenters. The molecule has 16 nitrogen and oxygen atoms in total. The maximum Gasteiger partial charge on any atom is 0.303 e. The van der Waals surface area contributed by atoms with Gasteiger partial charge in [-0.15, -0.1) is 0 Å². The number of carbonyl (C=O) groups is 6. The maximum atomic E-state index is 14.5. The van der Waals surface area contributed by atoms with Crippen molar-refractivity contribution >= 4 is 35.5 Å². The first-order chi connectivity index (χ1) is 30.3. The normalized spacial score (nSPS) is 19.9. The van der Waals surface area contributed by atoms with Gasteiger partial charge in [-0.05, 0) is 56.2 Å². The quantitative estimate of drug-likeness (QED) is 0.129. The summed E-state index contributed by atoms with van der Waals surface area (Å²) in [5.74, 6) is -3.71. The van der Waals surface area contributed by atoms with E-state index in [9.17, 15) is 28.8 Å². The Labute approximate surface area is 382 Å². The van der Waals surface area contributed by atoms with E-state index >= 15 is 0 Å². The van der Waals surface area contributed by atoms with Gasteiger partial charge in [0, 0.05) is 53.2 Å². The van der Waals surface area contributed by atoms with Crippen molar-refractivity contribution in [3.63, 3.8) is 0 Å². The fourth-order valence-electron chi connectivity index (χ4n) is 9.52. The van der Waals surface area contributed by atoms with Crippen LogP contribution in [0.2, 0.25) is 0 Å². The molecule has 0 bridgehead atoms. The molecule has 2 aliphatic rings. The summed E-state index contributed by atoms with van der Waals surface area (Å²) in [7, 11) is 6.57. The van der Waals surface area contributed by atoms with Crippen LogP contribution in [-0.2, 0) is 43.0 Å². The lowest BCUT2D eigenvalue weighted by Crippen LogP contribution is -2.60. The molecule has 1 aromatic carbocycles. The number of hydrogen-bond donors (Lipinski definition) is 3. The minimum Gasteiger partial charge on any atom is -0.481 e. The highest BCUT2D eigenvalue weighted by Crippen LogP contribution is 2.30. The van der Waals surface area contributed by atoms with E-state index in [0.717, 1.165) is 5.56 Å². The van der Waals surface area contributed by atoms with Gasteiger partial charge in [-0.1, -0.05) is 92.1 Å². The number of carboxylic acids is 1. The number of likely N-dealkylation sites (tertiary alicyclic amines) is 1. The smallest absolute Gasteiger partial charge is 0.303 e. The van der Waals surface area contributed by atoms with Crippen molar-refractivity contribution in [2.75, 3.05) is 67.7 Å². The molecule has 362 valence electrons. The van der Waals surface area contributed by atoms with E-state index in [1.165, 1.54) is 7.11 Å². The lowest BCUT2D eigenvalue weighted by Gasteiger charge is -2.41. The van der Waals surface area contributed by atoms with Crippen LogP contribution >= 0.6 is 0 Å². The number of amides is 5. The molecule has 2 heterocycles. The third-order valence-corrected chi connectivity index (χ3v) is 13.5. The first-order valence-electron chi connectivity index (χ1n) is 23.4. The first kappa shape index (κ1) is 54.2. The van der Waals surface area contributed by atoms with E-state index in [4.69, 9.17) is 19.3 Å². The van der Waals surface area contributed by atoms with Crippen molar-refractivity contribution in [3.05, 3.63) is 35.9 Å². The number of carboxylic acid groups (broad SMARTS) is 1. The number of nitrogens with one attached hydrogen (secondary N) is 2. The lowest BCUT2D eigenvalue weighted by molar-refractivity contribution is -0.148. The maximum absolute atomic E-state index is 14.5. The molecular formula is C48H80N6O10. The molecule has 3 rings (SSSR count). The summed E-state index contributed by atoms with van der Waals surface area (Å²) in [5.41, 5.74) is 0.924. The summed E-state index contributed by atoms with van der Waals surface area (Å²) < 4.78 is 17.6. The summed E-state index contributed by atoms with van der Waals surface area (Å²) in [6.07, 6.45) is 0.992. The Morgan fingerprint density at radius 1 is 0.859 bits per heavy atom. The van der Waals surface area contributed by atoms with Crippen LogP contribution in [0.25, 0.3) is 0 Å². The van der Waals surface area contributed by atoms with E-state index in [2.05, 4.69) is 10.6 Å². The predicted molar refractivity (Wildman–Crippen MR) is 245 cm³/mol. The highest BCUT2D eigenvalue weighted by atomic mass is 16.5. The van der Waals surface area contributed by atoms with Gasteiger partial charge in [-0.3, -0.25) is 33.7 Å². The molecule has 0 aliphatic carbocycles. The number of hydrogen-bond acceptors (Lipinski definition) is 10. The van der Waals surface area contributed by atoms with E-state index in [0.29, 0.717) is 65.1 Å². The zero-order valence-electron chi connectivity index (χ0n) is 40.7. The van der Waals surface area contributed by atoms with Crippen LogP contribution in [0.5, 0.6) is 0 Å². The molecule has 5 amide bonds. The number of likely N-dealkylation sites (N-methyl/N-ethyl adjacent to an activating group) is 2. The van der Waals surface area contributed by atoms with E-state index in [1.807, 2.05) is 83.7 Å². The largest absolute Gasteiger partial charge is 0.481 e. The average Bonchev–Trinajstić information content (AvgIpc) is 3.76. The Balaban J connectivity index is 1.81. The monoisotopic (exact) mass is 901 g/mol. The molecule has 0 spiro atoms. The van der Waals surface area contributed by atoms with Crippen molar-refractivity contribution in [1.82, 2.24) is 30.2 Å². The van der Waals surface area contributed by atoms with Crippen LogP contribution in [0.15, 0.2) is 30.3 Å². The number of methoxy groups -OCH3 is 2. The highest BCUT2D eigenvalue weighted by Gasteiger charge is 2.44. The minimum absolute atomic E-state index is 0.00884. The Kier molecular flexibility index (Phi) is 22.1. The molecule has 0 radical (unpaired) electrons. The number of benzene rings is 1. The number of nitrogens with zero attached hydrogens (tertiary/aromatic N) is 4. The molecule has 1 unspecified atom stereocenters. The molecule has 0 saturated carbocycles. The Hall–Kier alpha value is -4.12. The molecule has 2 fully saturated rings. The summed E-state index contributed by atoms with van der Waals surface area (Å²) >= 11 is 0. The van der Waals surface area contributed by atoms with Crippen LogP contribution in [-0.4, -0.2) is 170 Å². The topological polar surface area (TPSA) is 187 Å². The average molecular weight is 901 g/mol. The number of carbonyl (C=O) groups excluding carboxylic acids is 5. The molecule has 16 heteroatoms. The second-order valence-corrected chi connectivity index (χ2v) is 18.6. The summed E-state index contributed by atoms with van der Waals surface area (Å²) in [5, 5.41) is 15.3. The van der Waals surface area contributed by atoms with Gasteiger partial charge in [0.25, 0.3) is 0 Å². The van der Waals surface area contributed by atoms with Gasteiger partial charge < -0.3 is 44.7 Å². The van der Waals surface area contributed by atoms with E-state index < -0.39 is 54.3 Å². The van der Waals surface area contributed by atoms with Gasteiger partial charge in [-0.2, -0.15) is 0 Å². The molecule has 3 N–H and O–H groups in total. The van der Waals surface area contributed by atoms with Crippen LogP contribution in [0.4, 0.5) is 0 Å². The lowest BCUT2D eigenvalue weighted by atomic mass is 9.89. The second-order valence-electron chi connectivity index (χ2n) is 18.6. The van der Waals surface area contributed by atoms with E-state index in [-0.39, 0.29) is 66.0 Å². The van der Waals surface area contributed by atoms with Gasteiger partial charge >= 0.3 is 5.97 Å². The molecule has 2 saturated heterocycles. The van der Waals surface area contributed by atoms with Gasteiger partial charge in [0.1, 0.15) is 12.1 Å². The Morgan fingerprint density at radius 3 is 2.03 bits per heavy atom. The second kappa shape index (κ2) is 26.1. The van der Waals surface area contributed by atoms with Crippen LogP contribution in [0.1, 0.15) is 105 Å². The van der Waals surface area contributed by atoms with Gasteiger partial charge in [-0.25, -0.2) is 0 Å². The minimum atomic E-state index is -0.897. The number of ether oxygens (including phenoxy) is 3. The standard InChI is InChI=1S/C48H80N6O10/c1-13-32(6)43(52(10)47(60)40(30(2)3)49-46(59)42(31(4)5)51(9)23-18-22-39(56)57)37(62-11)29-38(55)54-24-17-21-36(54)44(63-12)34(8)45(58)50-41(33(7)35-19-15-14-16-20-35)48(61)53-25-27-64-28-26-53/h14-16,19-20,30-34,36-37,40-44H,13,17-18,21-29H2,1-12H3,(H,49,59)(H,50,58)(H,56,57)/t32-,33+,34+,36-,37+,40-,41-,42-,43?,44+/m0/s1.